The summed E-state index contributed by atoms with van der Waals surface area (Å²) in [7, 11) is 0. The third-order valence-corrected chi connectivity index (χ3v) is 2.18. The van der Waals surface area contributed by atoms with Gasteiger partial charge in [0.1, 0.15) is 6.07 Å². The lowest BCUT2D eigenvalue weighted by Gasteiger charge is -2.04. The van der Waals surface area contributed by atoms with E-state index < -0.39 is 0 Å². The second-order valence-corrected chi connectivity index (χ2v) is 3.19. The lowest BCUT2D eigenvalue weighted by Crippen LogP contribution is -1.92. The fourth-order valence-corrected chi connectivity index (χ4v) is 1.50. The molecule has 2 aromatic rings. The van der Waals surface area contributed by atoms with Crippen molar-refractivity contribution in [2.75, 3.05) is 0 Å². The van der Waals surface area contributed by atoms with Gasteiger partial charge in [-0.3, -0.25) is 0 Å². The Morgan fingerprint density at radius 3 is 2.50 bits per heavy atom. The van der Waals surface area contributed by atoms with Gasteiger partial charge in [0.25, 0.3) is 0 Å². The third-order valence-electron chi connectivity index (χ3n) is 2.18. The molecular formula is C12H10N2. The summed E-state index contributed by atoms with van der Waals surface area (Å²) >= 11 is 0. The highest BCUT2D eigenvalue weighted by molar-refractivity contribution is 5.40. The van der Waals surface area contributed by atoms with Crippen molar-refractivity contribution in [2.45, 2.75) is 6.92 Å². The Labute approximate surface area is 83.0 Å². The zero-order chi connectivity index (χ0) is 9.97. The first-order valence-corrected chi connectivity index (χ1v) is 4.46. The Kier molecular flexibility index (Phi) is 2.08. The molecule has 14 heavy (non-hydrogen) atoms. The average Bonchev–Trinajstić information content (AvgIpc) is 2.61. The van der Waals surface area contributed by atoms with Crippen molar-refractivity contribution in [1.82, 2.24) is 4.57 Å². The molecule has 0 atom stereocenters. The number of hydrogen-bond donors (Lipinski definition) is 0. The van der Waals surface area contributed by atoms with Crippen molar-refractivity contribution < 1.29 is 0 Å². The van der Waals surface area contributed by atoms with Crippen LogP contribution in [-0.4, -0.2) is 4.57 Å². The maximum Gasteiger partial charge on any atom is 0.101 e. The van der Waals surface area contributed by atoms with Crippen molar-refractivity contribution in [2.24, 2.45) is 0 Å². The maximum absolute atomic E-state index is 8.76. The van der Waals surface area contributed by atoms with Crippen LogP contribution in [0.3, 0.4) is 0 Å². The maximum atomic E-state index is 8.76. The summed E-state index contributed by atoms with van der Waals surface area (Å²) < 4.78 is 2.01. The van der Waals surface area contributed by atoms with E-state index >= 15 is 0 Å². The van der Waals surface area contributed by atoms with Crippen molar-refractivity contribution in [3.8, 4) is 11.8 Å². The molecule has 1 aromatic heterocycles. The van der Waals surface area contributed by atoms with E-state index in [0.717, 1.165) is 11.4 Å². The number of aryl methyl sites for hydroxylation is 1. The van der Waals surface area contributed by atoms with Gasteiger partial charge in [-0.1, -0.05) is 18.2 Å². The molecule has 0 unspecified atom stereocenters. The minimum Gasteiger partial charge on any atom is -0.320 e. The first-order chi connectivity index (χ1) is 6.81. The van der Waals surface area contributed by atoms with Gasteiger partial charge in [0.05, 0.1) is 5.56 Å². The molecule has 1 aromatic carbocycles. The summed E-state index contributed by atoms with van der Waals surface area (Å²) in [6.45, 7) is 1.99. The summed E-state index contributed by atoms with van der Waals surface area (Å²) in [5.41, 5.74) is 2.87. The SMILES string of the molecule is Cc1cc(C#N)cn1-c1ccccc1. The highest BCUT2D eigenvalue weighted by Gasteiger charge is 2.02. The van der Waals surface area contributed by atoms with E-state index in [9.17, 15) is 0 Å². The Morgan fingerprint density at radius 2 is 1.93 bits per heavy atom. The largest absolute Gasteiger partial charge is 0.320 e. The van der Waals surface area contributed by atoms with Crippen molar-refractivity contribution in [3.05, 3.63) is 53.9 Å². The highest BCUT2D eigenvalue weighted by atomic mass is 15.0. The van der Waals surface area contributed by atoms with Crippen molar-refractivity contribution in [1.29, 1.82) is 5.26 Å². The molecule has 0 amide bonds. The summed E-state index contributed by atoms with van der Waals surface area (Å²) in [5.74, 6) is 0. The first-order valence-electron chi connectivity index (χ1n) is 4.46. The zero-order valence-electron chi connectivity index (χ0n) is 7.94. The normalized spacial score (nSPS) is 9.71. The fourth-order valence-electron chi connectivity index (χ4n) is 1.50. The predicted molar refractivity (Wildman–Crippen MR) is 55.2 cm³/mol. The molecule has 0 bridgehead atoms. The molecule has 0 saturated carbocycles. The molecule has 0 radical (unpaired) electrons. The van der Waals surface area contributed by atoms with Gasteiger partial charge < -0.3 is 4.57 Å². The molecular weight excluding hydrogens is 172 g/mol. The second kappa shape index (κ2) is 3.39. The zero-order valence-corrected chi connectivity index (χ0v) is 7.94. The average molecular weight is 182 g/mol. The van der Waals surface area contributed by atoms with Gasteiger partial charge in [0.15, 0.2) is 0 Å². The number of nitrogens with zero attached hydrogens (tertiary/aromatic N) is 2. The smallest absolute Gasteiger partial charge is 0.101 e. The quantitative estimate of drug-likeness (QED) is 0.666. The predicted octanol–water partition coefficient (Wildman–Crippen LogP) is 2.66. The van der Waals surface area contributed by atoms with E-state index in [4.69, 9.17) is 5.26 Å². The summed E-state index contributed by atoms with van der Waals surface area (Å²) in [4.78, 5) is 0. The van der Waals surface area contributed by atoms with Crippen LogP contribution in [0.1, 0.15) is 11.3 Å². The van der Waals surface area contributed by atoms with Gasteiger partial charge in [-0.25, -0.2) is 0 Å². The third kappa shape index (κ3) is 1.40. The molecule has 0 saturated heterocycles. The highest BCUT2D eigenvalue weighted by Crippen LogP contribution is 2.13. The molecule has 0 spiro atoms. The minimum absolute atomic E-state index is 0.700. The van der Waals surface area contributed by atoms with Crippen LogP contribution in [0.25, 0.3) is 5.69 Å². The second-order valence-electron chi connectivity index (χ2n) is 3.19. The number of rotatable bonds is 1. The lowest BCUT2D eigenvalue weighted by molar-refractivity contribution is 1.01. The number of nitriles is 1. The Bertz CT molecular complexity index is 475. The number of aromatic nitrogens is 1. The topological polar surface area (TPSA) is 28.7 Å². The molecule has 2 nitrogen and oxygen atoms in total. The Balaban J connectivity index is 2.53. The van der Waals surface area contributed by atoms with Gasteiger partial charge in [0, 0.05) is 17.6 Å². The Morgan fingerprint density at radius 1 is 1.21 bits per heavy atom. The fraction of sp³-hybridized carbons (Fsp3) is 0.0833. The molecule has 0 aliphatic heterocycles. The van der Waals surface area contributed by atoms with E-state index in [0.29, 0.717) is 5.56 Å². The number of benzene rings is 1. The molecule has 68 valence electrons. The Hall–Kier alpha value is -2.01. The van der Waals surface area contributed by atoms with E-state index in [1.807, 2.05) is 54.1 Å². The van der Waals surface area contributed by atoms with Gasteiger partial charge in [-0.05, 0) is 25.1 Å². The van der Waals surface area contributed by atoms with Crippen LogP contribution in [0.5, 0.6) is 0 Å². The van der Waals surface area contributed by atoms with Gasteiger partial charge >= 0.3 is 0 Å². The van der Waals surface area contributed by atoms with E-state index in [-0.39, 0.29) is 0 Å². The van der Waals surface area contributed by atoms with Crippen LogP contribution in [0.15, 0.2) is 42.6 Å². The van der Waals surface area contributed by atoms with Crippen molar-refractivity contribution >= 4 is 0 Å². The first kappa shape index (κ1) is 8.58. The van der Waals surface area contributed by atoms with Crippen LogP contribution in [-0.2, 0) is 0 Å². The molecule has 0 fully saturated rings. The van der Waals surface area contributed by atoms with Gasteiger partial charge in [-0.2, -0.15) is 5.26 Å². The lowest BCUT2D eigenvalue weighted by atomic mass is 10.3. The van der Waals surface area contributed by atoms with E-state index in [1.54, 1.807) is 0 Å². The summed E-state index contributed by atoms with van der Waals surface area (Å²) in [6, 6.07) is 14.0. The van der Waals surface area contributed by atoms with Crippen LogP contribution in [0.4, 0.5) is 0 Å². The van der Waals surface area contributed by atoms with Crippen LogP contribution in [0, 0.1) is 18.3 Å². The van der Waals surface area contributed by atoms with Crippen LogP contribution < -0.4 is 0 Å². The molecule has 0 aliphatic rings. The molecule has 2 rings (SSSR count). The number of para-hydroxylation sites is 1. The van der Waals surface area contributed by atoms with Crippen molar-refractivity contribution in [3.63, 3.8) is 0 Å². The summed E-state index contributed by atoms with van der Waals surface area (Å²) in [5, 5.41) is 8.76. The standard InChI is InChI=1S/C12H10N2/c1-10-7-11(8-13)9-14(10)12-5-3-2-4-6-12/h2-7,9H,1H3. The molecule has 2 heteroatoms. The number of hydrogen-bond acceptors (Lipinski definition) is 1. The van der Waals surface area contributed by atoms with Gasteiger partial charge in [-0.15, -0.1) is 0 Å². The summed E-state index contributed by atoms with van der Waals surface area (Å²) in [6.07, 6.45) is 1.85. The van der Waals surface area contributed by atoms with Gasteiger partial charge in [0.2, 0.25) is 0 Å². The molecule has 0 aliphatic carbocycles. The van der Waals surface area contributed by atoms with Crippen LogP contribution in [0.2, 0.25) is 0 Å². The molecule has 0 N–H and O–H groups in total. The van der Waals surface area contributed by atoms with E-state index in [2.05, 4.69) is 6.07 Å². The van der Waals surface area contributed by atoms with Crippen LogP contribution >= 0.6 is 0 Å². The monoisotopic (exact) mass is 182 g/mol. The molecule has 1 heterocycles. The van der Waals surface area contributed by atoms with E-state index in [1.165, 1.54) is 0 Å². The minimum atomic E-state index is 0.700.